The molecule has 3 aromatic rings. The monoisotopic (exact) mass is 298 g/mol. The molecular weight excluding hydrogens is 284 g/mol. The molecule has 1 atom stereocenters. The highest BCUT2D eigenvalue weighted by atomic mass is 32.1. The largest absolute Gasteiger partial charge is 0.384 e. The molecule has 3 heterocycles. The normalized spacial score (nSPS) is 16.7. The molecule has 1 N–H and O–H groups in total. The van der Waals surface area contributed by atoms with Gasteiger partial charge in [0.1, 0.15) is 0 Å². The van der Waals surface area contributed by atoms with Gasteiger partial charge in [0.05, 0.1) is 5.51 Å². The van der Waals surface area contributed by atoms with Gasteiger partial charge in [-0.05, 0) is 11.6 Å². The maximum absolute atomic E-state index is 5.39. The third kappa shape index (κ3) is 2.54. The van der Waals surface area contributed by atoms with Crippen molar-refractivity contribution in [3.63, 3.8) is 0 Å². The van der Waals surface area contributed by atoms with Crippen LogP contribution in [0.25, 0.3) is 0 Å². The van der Waals surface area contributed by atoms with Gasteiger partial charge in [-0.15, -0.1) is 11.3 Å². The zero-order valence-corrected chi connectivity index (χ0v) is 12.1. The van der Waals surface area contributed by atoms with E-state index in [1.54, 1.807) is 11.3 Å². The molecule has 2 aromatic heterocycles. The first-order valence-electron chi connectivity index (χ1n) is 6.90. The van der Waals surface area contributed by atoms with E-state index in [2.05, 4.69) is 38.6 Å². The summed E-state index contributed by atoms with van der Waals surface area (Å²) >= 11 is 1.61. The second-order valence-electron chi connectivity index (χ2n) is 5.12. The molecule has 0 saturated heterocycles. The van der Waals surface area contributed by atoms with Gasteiger partial charge in [0.15, 0.2) is 5.82 Å². The van der Waals surface area contributed by atoms with Crippen molar-refractivity contribution in [2.75, 3.05) is 11.9 Å². The first-order valence-corrected chi connectivity index (χ1v) is 7.78. The fraction of sp³-hybridized carbons (Fsp3) is 0.267. The van der Waals surface area contributed by atoms with Crippen molar-refractivity contribution in [1.29, 1.82) is 0 Å². The van der Waals surface area contributed by atoms with E-state index in [1.165, 1.54) is 11.3 Å². The quantitative estimate of drug-likeness (QED) is 0.802. The smallest absolute Gasteiger partial charge is 0.227 e. The molecule has 5 nitrogen and oxygen atoms in total. The van der Waals surface area contributed by atoms with Crippen molar-refractivity contribution in [1.82, 2.24) is 15.1 Å². The second kappa shape index (κ2) is 5.29. The molecule has 6 heteroatoms. The summed E-state index contributed by atoms with van der Waals surface area (Å²) < 4.78 is 5.39. The number of rotatable bonds is 4. The van der Waals surface area contributed by atoms with Gasteiger partial charge >= 0.3 is 0 Å². The molecule has 0 spiro atoms. The maximum Gasteiger partial charge on any atom is 0.227 e. The Balaban J connectivity index is 1.48. The SMILES string of the molecule is c1ccc2c(c1)NCC2Cc1nc(Cc2cncs2)no1. The second-order valence-corrected chi connectivity index (χ2v) is 6.09. The molecule has 0 aliphatic carbocycles. The Morgan fingerprint density at radius 2 is 2.29 bits per heavy atom. The van der Waals surface area contributed by atoms with Crippen molar-refractivity contribution in [3.8, 4) is 0 Å². The van der Waals surface area contributed by atoms with Crippen molar-refractivity contribution in [2.45, 2.75) is 18.8 Å². The minimum absolute atomic E-state index is 0.401. The molecule has 1 unspecified atom stereocenters. The summed E-state index contributed by atoms with van der Waals surface area (Å²) in [6, 6.07) is 8.39. The Morgan fingerprint density at radius 3 is 3.19 bits per heavy atom. The summed E-state index contributed by atoms with van der Waals surface area (Å²) in [7, 11) is 0. The number of aromatic nitrogens is 3. The van der Waals surface area contributed by atoms with Crippen LogP contribution in [-0.2, 0) is 12.8 Å². The van der Waals surface area contributed by atoms with Crippen LogP contribution in [-0.4, -0.2) is 21.7 Å². The van der Waals surface area contributed by atoms with Crippen LogP contribution in [0.4, 0.5) is 5.69 Å². The molecule has 106 valence electrons. The third-order valence-corrected chi connectivity index (χ3v) is 4.47. The topological polar surface area (TPSA) is 63.8 Å². The highest BCUT2D eigenvalue weighted by molar-refractivity contribution is 7.09. The number of nitrogens with one attached hydrogen (secondary N) is 1. The summed E-state index contributed by atoms with van der Waals surface area (Å²) in [4.78, 5) is 9.70. The molecule has 0 bridgehead atoms. The summed E-state index contributed by atoms with van der Waals surface area (Å²) in [6.45, 7) is 0.923. The average Bonchev–Trinajstić information content (AvgIpc) is 3.23. The molecule has 0 saturated carbocycles. The average molecular weight is 298 g/mol. The molecule has 0 amide bonds. The van der Waals surface area contributed by atoms with Gasteiger partial charge in [0, 0.05) is 42.1 Å². The molecule has 1 aliphatic heterocycles. The van der Waals surface area contributed by atoms with Crippen LogP contribution >= 0.6 is 11.3 Å². The van der Waals surface area contributed by atoms with Crippen LogP contribution in [0.15, 0.2) is 40.5 Å². The van der Waals surface area contributed by atoms with Gasteiger partial charge in [-0.3, -0.25) is 4.98 Å². The predicted molar refractivity (Wildman–Crippen MR) is 80.6 cm³/mol. The van der Waals surface area contributed by atoms with Crippen molar-refractivity contribution < 1.29 is 4.52 Å². The Morgan fingerprint density at radius 1 is 1.33 bits per heavy atom. The Bertz CT molecular complexity index is 738. The van der Waals surface area contributed by atoms with E-state index >= 15 is 0 Å². The molecule has 21 heavy (non-hydrogen) atoms. The number of nitrogens with zero attached hydrogens (tertiary/aromatic N) is 3. The molecule has 1 aromatic carbocycles. The summed E-state index contributed by atoms with van der Waals surface area (Å²) in [5.74, 6) is 1.84. The lowest BCUT2D eigenvalue weighted by atomic mass is 9.98. The van der Waals surface area contributed by atoms with E-state index in [0.717, 1.165) is 23.7 Å². The lowest BCUT2D eigenvalue weighted by Crippen LogP contribution is -2.05. The summed E-state index contributed by atoms with van der Waals surface area (Å²) in [5, 5.41) is 7.48. The number of thiazole rings is 1. The Hall–Kier alpha value is -2.21. The third-order valence-electron chi connectivity index (χ3n) is 3.69. The lowest BCUT2D eigenvalue weighted by molar-refractivity contribution is 0.367. The van der Waals surface area contributed by atoms with Crippen LogP contribution < -0.4 is 5.32 Å². The molecule has 4 rings (SSSR count). The van der Waals surface area contributed by atoms with Crippen LogP contribution in [0.2, 0.25) is 0 Å². The van der Waals surface area contributed by atoms with Gasteiger partial charge in [-0.1, -0.05) is 23.4 Å². The fourth-order valence-electron chi connectivity index (χ4n) is 2.68. The zero-order valence-electron chi connectivity index (χ0n) is 11.3. The van der Waals surface area contributed by atoms with Crippen molar-refractivity contribution >= 4 is 17.0 Å². The number of fused-ring (bicyclic) bond motifs is 1. The van der Waals surface area contributed by atoms with Gasteiger partial charge in [-0.25, -0.2) is 0 Å². The van der Waals surface area contributed by atoms with Crippen LogP contribution in [0.3, 0.4) is 0 Å². The Labute approximate surface area is 126 Å². The maximum atomic E-state index is 5.39. The molecule has 0 fully saturated rings. The van der Waals surface area contributed by atoms with Gasteiger partial charge in [0.2, 0.25) is 5.89 Å². The van der Waals surface area contributed by atoms with Crippen LogP contribution in [0.1, 0.15) is 28.1 Å². The van der Waals surface area contributed by atoms with Crippen LogP contribution in [0, 0.1) is 0 Å². The van der Waals surface area contributed by atoms with E-state index in [4.69, 9.17) is 4.52 Å². The van der Waals surface area contributed by atoms with E-state index in [9.17, 15) is 0 Å². The number of para-hydroxylation sites is 1. The summed E-state index contributed by atoms with van der Waals surface area (Å²) in [5.41, 5.74) is 4.36. The number of anilines is 1. The fourth-order valence-corrected chi connectivity index (χ4v) is 3.27. The molecular formula is C15H14N4OS. The standard InChI is InChI=1S/C15H14N4OS/c1-2-4-13-12(3-1)10(7-17-13)5-15-18-14(19-20-15)6-11-8-16-9-21-11/h1-4,8-10,17H,5-7H2. The van der Waals surface area contributed by atoms with E-state index in [0.29, 0.717) is 18.2 Å². The lowest BCUT2D eigenvalue weighted by Gasteiger charge is -2.05. The van der Waals surface area contributed by atoms with Gasteiger partial charge in [-0.2, -0.15) is 4.98 Å². The predicted octanol–water partition coefficient (Wildman–Crippen LogP) is 2.87. The minimum Gasteiger partial charge on any atom is -0.384 e. The highest BCUT2D eigenvalue weighted by Gasteiger charge is 2.24. The number of benzene rings is 1. The molecule has 0 radical (unpaired) electrons. The highest BCUT2D eigenvalue weighted by Crippen LogP contribution is 2.33. The van der Waals surface area contributed by atoms with E-state index in [1.807, 2.05) is 17.8 Å². The first-order chi connectivity index (χ1) is 10.4. The zero-order chi connectivity index (χ0) is 14.1. The van der Waals surface area contributed by atoms with Crippen molar-refractivity contribution in [3.05, 3.63) is 58.1 Å². The van der Waals surface area contributed by atoms with Crippen molar-refractivity contribution in [2.24, 2.45) is 0 Å². The minimum atomic E-state index is 0.401. The van der Waals surface area contributed by atoms with Gasteiger partial charge in [0.25, 0.3) is 0 Å². The number of hydrogen-bond donors (Lipinski definition) is 1. The van der Waals surface area contributed by atoms with E-state index in [-0.39, 0.29) is 0 Å². The first kappa shape index (κ1) is 12.5. The van der Waals surface area contributed by atoms with Crippen LogP contribution in [0.5, 0.6) is 0 Å². The summed E-state index contributed by atoms with van der Waals surface area (Å²) in [6.07, 6.45) is 3.31. The van der Waals surface area contributed by atoms with E-state index < -0.39 is 0 Å². The van der Waals surface area contributed by atoms with Gasteiger partial charge < -0.3 is 9.84 Å². The number of hydrogen-bond acceptors (Lipinski definition) is 6. The Kier molecular flexibility index (Phi) is 3.16. The molecule has 1 aliphatic rings.